The van der Waals surface area contributed by atoms with Gasteiger partial charge in [-0.1, -0.05) is 36.4 Å². The molecule has 5 nitrogen and oxygen atoms in total. The van der Waals surface area contributed by atoms with Crippen LogP contribution in [0.4, 0.5) is 0 Å². The van der Waals surface area contributed by atoms with Gasteiger partial charge in [0.05, 0.1) is 5.52 Å². The first-order valence-corrected chi connectivity index (χ1v) is 8.81. The number of carbonyl (C=O) groups is 2. The zero-order valence-electron chi connectivity index (χ0n) is 13.3. The van der Waals surface area contributed by atoms with Crippen molar-refractivity contribution in [2.24, 2.45) is 5.73 Å². The first-order valence-electron chi connectivity index (χ1n) is 7.73. The maximum absolute atomic E-state index is 12.5. The number of carbonyl (C=O) groups excluding carboxylic acids is 2. The van der Waals surface area contributed by atoms with E-state index in [9.17, 15) is 9.59 Å². The van der Waals surface area contributed by atoms with Gasteiger partial charge in [-0.25, -0.2) is 4.98 Å². The minimum atomic E-state index is -0.791. The van der Waals surface area contributed by atoms with E-state index in [-0.39, 0.29) is 5.69 Å². The monoisotopic (exact) mass is 445 g/mol. The number of aromatic nitrogens is 1. The second-order valence-corrected chi connectivity index (χ2v) is 6.89. The Kier molecular flexibility index (Phi) is 5.28. The Bertz CT molecular complexity index is 925. The van der Waals surface area contributed by atoms with Gasteiger partial charge in [-0.2, -0.15) is 0 Å². The first kappa shape index (κ1) is 17.3. The van der Waals surface area contributed by atoms with Crippen molar-refractivity contribution in [2.45, 2.75) is 12.5 Å². The molecule has 0 saturated carbocycles. The molecular formula is C19H16IN3O2. The van der Waals surface area contributed by atoms with Crippen molar-refractivity contribution in [1.29, 1.82) is 0 Å². The van der Waals surface area contributed by atoms with Gasteiger partial charge in [-0.05, 0) is 52.4 Å². The third kappa shape index (κ3) is 4.33. The molecule has 25 heavy (non-hydrogen) atoms. The number of halogens is 1. The highest BCUT2D eigenvalue weighted by atomic mass is 127. The van der Waals surface area contributed by atoms with E-state index < -0.39 is 17.9 Å². The van der Waals surface area contributed by atoms with Gasteiger partial charge in [0.25, 0.3) is 5.91 Å². The lowest BCUT2D eigenvalue weighted by molar-refractivity contribution is -0.119. The van der Waals surface area contributed by atoms with Gasteiger partial charge in [-0.3, -0.25) is 9.59 Å². The summed E-state index contributed by atoms with van der Waals surface area (Å²) in [5, 5.41) is 3.63. The molecule has 0 aliphatic heterocycles. The lowest BCUT2D eigenvalue weighted by atomic mass is 10.1. The molecule has 2 aromatic carbocycles. The number of fused-ring (bicyclic) bond motifs is 1. The van der Waals surface area contributed by atoms with Gasteiger partial charge in [0, 0.05) is 15.4 Å². The van der Waals surface area contributed by atoms with Gasteiger partial charge in [0.1, 0.15) is 11.7 Å². The molecule has 1 atom stereocenters. The Morgan fingerprint density at radius 1 is 1.04 bits per heavy atom. The SMILES string of the molecule is NC(=O)[C@@H](Cc1ccc(I)cc1)NC(=O)c1ccc2ccccc2n1. The van der Waals surface area contributed by atoms with Crippen molar-refractivity contribution in [3.8, 4) is 0 Å². The average Bonchev–Trinajstić information content (AvgIpc) is 2.62. The average molecular weight is 445 g/mol. The van der Waals surface area contributed by atoms with Gasteiger partial charge in [0.15, 0.2) is 0 Å². The highest BCUT2D eigenvalue weighted by molar-refractivity contribution is 14.1. The van der Waals surface area contributed by atoms with Crippen LogP contribution >= 0.6 is 22.6 Å². The molecule has 0 spiro atoms. The van der Waals surface area contributed by atoms with Gasteiger partial charge < -0.3 is 11.1 Å². The molecule has 0 fully saturated rings. The summed E-state index contributed by atoms with van der Waals surface area (Å²) in [7, 11) is 0. The number of nitrogens with one attached hydrogen (secondary N) is 1. The number of hydrogen-bond donors (Lipinski definition) is 2. The fraction of sp³-hybridized carbons (Fsp3) is 0.105. The van der Waals surface area contributed by atoms with E-state index in [0.717, 1.165) is 20.0 Å². The summed E-state index contributed by atoms with van der Waals surface area (Å²) >= 11 is 2.21. The van der Waals surface area contributed by atoms with Crippen LogP contribution in [0.2, 0.25) is 0 Å². The summed E-state index contributed by atoms with van der Waals surface area (Å²) in [4.78, 5) is 28.5. The van der Waals surface area contributed by atoms with Gasteiger partial charge in [0.2, 0.25) is 5.91 Å². The zero-order chi connectivity index (χ0) is 17.8. The number of benzene rings is 2. The quantitative estimate of drug-likeness (QED) is 0.593. The van der Waals surface area contributed by atoms with Crippen LogP contribution in [0.15, 0.2) is 60.7 Å². The second kappa shape index (κ2) is 7.60. The molecule has 3 aromatic rings. The predicted molar refractivity (Wildman–Crippen MR) is 105 cm³/mol. The van der Waals surface area contributed by atoms with Crippen LogP contribution in [-0.2, 0) is 11.2 Å². The molecule has 0 unspecified atom stereocenters. The minimum absolute atomic E-state index is 0.257. The molecule has 126 valence electrons. The summed E-state index contributed by atoms with van der Waals surface area (Å²) in [6.45, 7) is 0. The summed E-state index contributed by atoms with van der Waals surface area (Å²) in [6.07, 6.45) is 0.339. The van der Waals surface area contributed by atoms with Crippen LogP contribution in [0.25, 0.3) is 10.9 Å². The summed E-state index contributed by atoms with van der Waals surface area (Å²) in [6, 6.07) is 17.9. The maximum atomic E-state index is 12.5. The maximum Gasteiger partial charge on any atom is 0.270 e. The molecule has 2 amide bonds. The topological polar surface area (TPSA) is 85.1 Å². The van der Waals surface area contributed by atoms with Crippen molar-refractivity contribution >= 4 is 45.3 Å². The third-order valence-electron chi connectivity index (χ3n) is 3.83. The Morgan fingerprint density at radius 2 is 1.76 bits per heavy atom. The molecule has 3 rings (SSSR count). The Morgan fingerprint density at radius 3 is 2.48 bits per heavy atom. The molecule has 0 bridgehead atoms. The molecule has 1 aromatic heterocycles. The van der Waals surface area contributed by atoms with E-state index in [1.165, 1.54) is 0 Å². The van der Waals surface area contributed by atoms with Crippen LogP contribution in [0.1, 0.15) is 16.1 Å². The van der Waals surface area contributed by atoms with Crippen molar-refractivity contribution in [1.82, 2.24) is 10.3 Å². The van der Waals surface area contributed by atoms with Crippen LogP contribution in [0, 0.1) is 3.57 Å². The molecule has 0 aliphatic carbocycles. The Balaban J connectivity index is 1.77. The second-order valence-electron chi connectivity index (χ2n) is 5.65. The number of nitrogens with two attached hydrogens (primary N) is 1. The van der Waals surface area contributed by atoms with Crippen LogP contribution < -0.4 is 11.1 Å². The van der Waals surface area contributed by atoms with Crippen molar-refractivity contribution in [3.63, 3.8) is 0 Å². The number of rotatable bonds is 5. The standard InChI is InChI=1S/C19H16IN3O2/c20-14-8-5-12(6-9-14)11-17(18(21)24)23-19(25)16-10-7-13-3-1-2-4-15(13)22-16/h1-10,17H,11H2,(H2,21,24)(H,23,25)/t17-/m1/s1. The molecule has 0 radical (unpaired) electrons. The predicted octanol–water partition coefficient (Wildman–Crippen LogP) is 2.67. The number of nitrogens with zero attached hydrogens (tertiary/aromatic N) is 1. The minimum Gasteiger partial charge on any atom is -0.368 e. The van der Waals surface area contributed by atoms with E-state index in [4.69, 9.17) is 5.73 Å². The van der Waals surface area contributed by atoms with E-state index in [2.05, 4.69) is 32.9 Å². The third-order valence-corrected chi connectivity index (χ3v) is 4.55. The first-order chi connectivity index (χ1) is 12.0. The Labute approximate surface area is 158 Å². The van der Waals surface area contributed by atoms with E-state index >= 15 is 0 Å². The van der Waals surface area contributed by atoms with Gasteiger partial charge >= 0.3 is 0 Å². The van der Waals surface area contributed by atoms with Crippen LogP contribution in [0.5, 0.6) is 0 Å². The lowest BCUT2D eigenvalue weighted by Gasteiger charge is -2.15. The van der Waals surface area contributed by atoms with E-state index in [1.54, 1.807) is 6.07 Å². The van der Waals surface area contributed by atoms with E-state index in [1.807, 2.05) is 54.6 Å². The normalized spacial score (nSPS) is 11.9. The van der Waals surface area contributed by atoms with Crippen LogP contribution in [0.3, 0.4) is 0 Å². The summed E-state index contributed by atoms with van der Waals surface area (Å²) in [5.74, 6) is -0.993. The molecule has 6 heteroatoms. The molecule has 1 heterocycles. The summed E-state index contributed by atoms with van der Waals surface area (Å²) < 4.78 is 1.10. The van der Waals surface area contributed by atoms with Crippen molar-refractivity contribution in [2.75, 3.05) is 0 Å². The lowest BCUT2D eigenvalue weighted by Crippen LogP contribution is -2.46. The molecule has 3 N–H and O–H groups in total. The highest BCUT2D eigenvalue weighted by Gasteiger charge is 2.20. The Hall–Kier alpha value is -2.48. The number of primary amides is 1. The fourth-order valence-electron chi connectivity index (χ4n) is 2.50. The highest BCUT2D eigenvalue weighted by Crippen LogP contribution is 2.13. The number of pyridine rings is 1. The largest absolute Gasteiger partial charge is 0.368 e. The van der Waals surface area contributed by atoms with Crippen molar-refractivity contribution in [3.05, 3.63) is 75.5 Å². The van der Waals surface area contributed by atoms with Gasteiger partial charge in [-0.15, -0.1) is 0 Å². The summed E-state index contributed by atoms with van der Waals surface area (Å²) in [5.41, 5.74) is 7.37. The fourth-order valence-corrected chi connectivity index (χ4v) is 2.86. The number of hydrogen-bond acceptors (Lipinski definition) is 3. The number of para-hydroxylation sites is 1. The zero-order valence-corrected chi connectivity index (χ0v) is 15.4. The number of amides is 2. The van der Waals surface area contributed by atoms with Crippen LogP contribution in [-0.4, -0.2) is 22.8 Å². The van der Waals surface area contributed by atoms with E-state index in [0.29, 0.717) is 6.42 Å². The molecule has 0 saturated heterocycles. The molecular weight excluding hydrogens is 429 g/mol. The molecule has 0 aliphatic rings. The van der Waals surface area contributed by atoms with Crippen molar-refractivity contribution < 1.29 is 9.59 Å². The smallest absolute Gasteiger partial charge is 0.270 e.